The summed E-state index contributed by atoms with van der Waals surface area (Å²) in [7, 11) is -3.42. The molecule has 3 amide bonds. The number of carbonyl (C=O) groups is 3. The van der Waals surface area contributed by atoms with Gasteiger partial charge < -0.3 is 15.1 Å². The maximum absolute atomic E-state index is 13.2. The molecule has 0 bridgehead atoms. The molecule has 0 spiro atoms. The van der Waals surface area contributed by atoms with Crippen molar-refractivity contribution in [3.05, 3.63) is 24.3 Å². The van der Waals surface area contributed by atoms with Crippen molar-refractivity contribution in [1.29, 1.82) is 0 Å². The van der Waals surface area contributed by atoms with Crippen LogP contribution in [0.1, 0.15) is 29.8 Å². The van der Waals surface area contributed by atoms with Gasteiger partial charge in [0.1, 0.15) is 11.7 Å². The Morgan fingerprint density at radius 2 is 2.00 bits per heavy atom. The Morgan fingerprint density at radius 1 is 1.23 bits per heavy atom. The van der Waals surface area contributed by atoms with E-state index in [0.29, 0.717) is 6.42 Å². The number of piperazine rings is 1. The number of sulfonamides is 1. The second-order valence-corrected chi connectivity index (χ2v) is 9.83. The molecular formula is C18H24N6O5S. The SMILES string of the molecule is CS(=O)(=O)N[C@H]1C[C@H]2CN(C(=O)c3cnccn3)[C@@H](CNC(=O)C3CC3)C(=O)N2C1. The number of hydrogen-bond donors (Lipinski definition) is 2. The molecule has 1 saturated carbocycles. The van der Waals surface area contributed by atoms with E-state index in [0.717, 1.165) is 19.1 Å². The van der Waals surface area contributed by atoms with Gasteiger partial charge in [-0.15, -0.1) is 0 Å². The van der Waals surface area contributed by atoms with Crippen LogP contribution in [0.25, 0.3) is 0 Å². The third-order valence-electron chi connectivity index (χ3n) is 5.61. The summed E-state index contributed by atoms with van der Waals surface area (Å²) in [5, 5.41) is 2.78. The highest BCUT2D eigenvalue weighted by Gasteiger charge is 2.48. The summed E-state index contributed by atoms with van der Waals surface area (Å²) in [6, 6.07) is -1.61. The van der Waals surface area contributed by atoms with Gasteiger partial charge in [0.25, 0.3) is 5.91 Å². The third-order valence-corrected chi connectivity index (χ3v) is 6.37. The molecule has 1 aromatic rings. The van der Waals surface area contributed by atoms with Crippen LogP contribution in [0.5, 0.6) is 0 Å². The molecule has 0 aromatic carbocycles. The first kappa shape index (κ1) is 20.7. The van der Waals surface area contributed by atoms with E-state index < -0.39 is 28.0 Å². The lowest BCUT2D eigenvalue weighted by molar-refractivity contribution is -0.142. The number of hydrogen-bond acceptors (Lipinski definition) is 7. The number of aromatic nitrogens is 2. The van der Waals surface area contributed by atoms with Crippen molar-refractivity contribution in [2.24, 2.45) is 5.92 Å². The van der Waals surface area contributed by atoms with Crippen molar-refractivity contribution in [3.63, 3.8) is 0 Å². The van der Waals surface area contributed by atoms with Gasteiger partial charge in [-0.1, -0.05) is 0 Å². The molecule has 2 saturated heterocycles. The summed E-state index contributed by atoms with van der Waals surface area (Å²) in [4.78, 5) is 49.4. The smallest absolute Gasteiger partial charge is 0.274 e. The van der Waals surface area contributed by atoms with Gasteiger partial charge in [0.15, 0.2) is 0 Å². The molecule has 2 N–H and O–H groups in total. The molecule has 12 heteroatoms. The standard InChI is InChI=1S/C18H24N6O5S/c1-30(28,29)22-12-6-13-10-24(17(26)14-7-19-4-5-20-14)15(18(27)23(13)9-12)8-21-16(25)11-2-3-11/h4-5,7,11-13,15,22H,2-3,6,8-10H2,1H3,(H,21,25)/t12-,13-,15-/m0/s1. The van der Waals surface area contributed by atoms with E-state index >= 15 is 0 Å². The molecule has 30 heavy (non-hydrogen) atoms. The maximum atomic E-state index is 13.2. The van der Waals surface area contributed by atoms with Gasteiger partial charge in [0.2, 0.25) is 21.8 Å². The fourth-order valence-corrected chi connectivity index (χ4v) is 4.87. The number of nitrogens with one attached hydrogen (secondary N) is 2. The monoisotopic (exact) mass is 436 g/mol. The van der Waals surface area contributed by atoms with E-state index in [4.69, 9.17) is 0 Å². The zero-order valence-electron chi connectivity index (χ0n) is 16.5. The van der Waals surface area contributed by atoms with Crippen molar-refractivity contribution in [2.45, 2.75) is 37.4 Å². The van der Waals surface area contributed by atoms with Gasteiger partial charge in [0.05, 0.1) is 18.5 Å². The van der Waals surface area contributed by atoms with Gasteiger partial charge in [-0.25, -0.2) is 18.1 Å². The number of carbonyl (C=O) groups excluding carboxylic acids is 3. The van der Waals surface area contributed by atoms with Gasteiger partial charge in [-0.3, -0.25) is 19.4 Å². The molecule has 0 unspecified atom stereocenters. The van der Waals surface area contributed by atoms with Crippen LogP contribution in [0.4, 0.5) is 0 Å². The maximum Gasteiger partial charge on any atom is 0.274 e. The van der Waals surface area contributed by atoms with E-state index in [1.54, 1.807) is 4.90 Å². The predicted octanol–water partition coefficient (Wildman–Crippen LogP) is -1.65. The van der Waals surface area contributed by atoms with Crippen molar-refractivity contribution < 1.29 is 22.8 Å². The van der Waals surface area contributed by atoms with Crippen LogP contribution in [0, 0.1) is 5.92 Å². The van der Waals surface area contributed by atoms with Crippen LogP contribution in [0.2, 0.25) is 0 Å². The van der Waals surface area contributed by atoms with E-state index in [2.05, 4.69) is 20.0 Å². The summed E-state index contributed by atoms with van der Waals surface area (Å²) in [5.41, 5.74) is 0.112. The summed E-state index contributed by atoms with van der Waals surface area (Å²) >= 11 is 0. The minimum Gasteiger partial charge on any atom is -0.353 e. The van der Waals surface area contributed by atoms with Crippen molar-refractivity contribution in [2.75, 3.05) is 25.9 Å². The topological polar surface area (TPSA) is 142 Å². The molecule has 3 fully saturated rings. The molecule has 3 atom stereocenters. The fraction of sp³-hybridized carbons (Fsp3) is 0.611. The normalized spacial score (nSPS) is 26.4. The zero-order valence-corrected chi connectivity index (χ0v) is 17.3. The second kappa shape index (κ2) is 7.91. The molecule has 1 aromatic heterocycles. The Bertz CT molecular complexity index is 951. The molecule has 11 nitrogen and oxygen atoms in total. The Kier molecular flexibility index (Phi) is 5.45. The molecule has 1 aliphatic carbocycles. The van der Waals surface area contributed by atoms with E-state index in [1.807, 2.05) is 0 Å². The second-order valence-electron chi connectivity index (χ2n) is 8.05. The van der Waals surface area contributed by atoms with Gasteiger partial charge in [-0.05, 0) is 19.3 Å². The predicted molar refractivity (Wildman–Crippen MR) is 104 cm³/mol. The average molecular weight is 436 g/mol. The lowest BCUT2D eigenvalue weighted by atomic mass is 10.0. The Balaban J connectivity index is 1.55. The number of amides is 3. The van der Waals surface area contributed by atoms with Crippen LogP contribution in [-0.2, 0) is 19.6 Å². The quantitative estimate of drug-likeness (QED) is 0.544. The van der Waals surface area contributed by atoms with Crippen LogP contribution in [0.15, 0.2) is 18.6 Å². The Morgan fingerprint density at radius 3 is 2.63 bits per heavy atom. The van der Waals surface area contributed by atoms with Crippen LogP contribution in [-0.4, -0.2) is 89.9 Å². The first-order valence-corrected chi connectivity index (χ1v) is 11.7. The minimum atomic E-state index is -3.42. The van der Waals surface area contributed by atoms with Crippen LogP contribution >= 0.6 is 0 Å². The lowest BCUT2D eigenvalue weighted by Crippen LogP contribution is -2.64. The molecule has 3 aliphatic rings. The van der Waals surface area contributed by atoms with E-state index in [-0.39, 0.29) is 49.1 Å². The number of nitrogens with zero attached hydrogens (tertiary/aromatic N) is 4. The molecule has 3 heterocycles. The van der Waals surface area contributed by atoms with Gasteiger partial charge >= 0.3 is 0 Å². The Labute approximate surface area is 174 Å². The molecule has 0 radical (unpaired) electrons. The molecule has 162 valence electrons. The van der Waals surface area contributed by atoms with Crippen LogP contribution < -0.4 is 10.0 Å². The number of fused-ring (bicyclic) bond motifs is 1. The van der Waals surface area contributed by atoms with Gasteiger partial charge in [0, 0.05) is 44.0 Å². The lowest BCUT2D eigenvalue weighted by Gasteiger charge is -2.42. The average Bonchev–Trinajstić information content (AvgIpc) is 3.47. The number of rotatable bonds is 6. The van der Waals surface area contributed by atoms with Crippen LogP contribution in [0.3, 0.4) is 0 Å². The fourth-order valence-electron chi connectivity index (χ4n) is 4.09. The Hall–Kier alpha value is -2.60. The summed E-state index contributed by atoms with van der Waals surface area (Å²) in [6.45, 7) is 0.470. The van der Waals surface area contributed by atoms with E-state index in [1.165, 1.54) is 23.5 Å². The first-order valence-electron chi connectivity index (χ1n) is 9.85. The summed E-state index contributed by atoms with van der Waals surface area (Å²) in [6.07, 6.45) is 7.33. The zero-order chi connectivity index (χ0) is 21.5. The minimum absolute atomic E-state index is 0.00750. The van der Waals surface area contributed by atoms with E-state index in [9.17, 15) is 22.8 Å². The molecule has 2 aliphatic heterocycles. The first-order chi connectivity index (χ1) is 14.2. The highest BCUT2D eigenvalue weighted by Crippen LogP contribution is 2.30. The van der Waals surface area contributed by atoms with Crippen molar-refractivity contribution in [3.8, 4) is 0 Å². The molecular weight excluding hydrogens is 412 g/mol. The third kappa shape index (κ3) is 4.43. The molecule has 4 rings (SSSR count). The van der Waals surface area contributed by atoms with Gasteiger partial charge in [-0.2, -0.15) is 0 Å². The largest absolute Gasteiger partial charge is 0.353 e. The highest BCUT2D eigenvalue weighted by molar-refractivity contribution is 7.88. The summed E-state index contributed by atoms with van der Waals surface area (Å²) < 4.78 is 25.7. The highest BCUT2D eigenvalue weighted by atomic mass is 32.2. The summed E-state index contributed by atoms with van der Waals surface area (Å²) in [5.74, 6) is -0.885. The van der Waals surface area contributed by atoms with Crippen molar-refractivity contribution >= 4 is 27.7 Å². The van der Waals surface area contributed by atoms with Crippen molar-refractivity contribution in [1.82, 2.24) is 29.8 Å².